The van der Waals surface area contributed by atoms with Crippen LogP contribution < -0.4 is 15.4 Å². The molecular formula is C16H26ClIN6O2S2. The van der Waals surface area contributed by atoms with Gasteiger partial charge in [0.2, 0.25) is 10.0 Å². The molecule has 2 aromatic rings. The number of aliphatic imine (C=N–C) groups is 1. The third-order valence-corrected chi connectivity index (χ3v) is 6.87. The first kappa shape index (κ1) is 25.1. The van der Waals surface area contributed by atoms with Crippen LogP contribution in [0.3, 0.4) is 0 Å². The molecule has 28 heavy (non-hydrogen) atoms. The van der Waals surface area contributed by atoms with Gasteiger partial charge in [-0.3, -0.25) is 9.67 Å². The lowest BCUT2D eigenvalue weighted by Gasteiger charge is -2.12. The van der Waals surface area contributed by atoms with Gasteiger partial charge in [-0.15, -0.1) is 35.3 Å². The number of aryl methyl sites for hydroxylation is 3. The standard InChI is InChI=1S/C16H25ClN6O2S2.HI/c1-12-11-13(2)23(22-12)10-4-7-19-16(18-3)20-8-9-21-27(24,25)15-6-5-14(17)26-15;/h5-6,11,21H,4,7-10H2,1-3H3,(H2,18,19,20);1H. The van der Waals surface area contributed by atoms with E-state index in [4.69, 9.17) is 11.6 Å². The number of hydrogen-bond donors (Lipinski definition) is 3. The van der Waals surface area contributed by atoms with Crippen LogP contribution in [0.1, 0.15) is 17.8 Å². The maximum absolute atomic E-state index is 12.1. The van der Waals surface area contributed by atoms with Gasteiger partial charge < -0.3 is 10.6 Å². The summed E-state index contributed by atoms with van der Waals surface area (Å²) in [5, 5.41) is 10.7. The lowest BCUT2D eigenvalue weighted by atomic mass is 10.4. The van der Waals surface area contributed by atoms with E-state index in [1.165, 1.54) is 6.07 Å². The molecule has 2 rings (SSSR count). The Hall–Kier alpha value is -0.890. The number of nitrogens with one attached hydrogen (secondary N) is 3. The van der Waals surface area contributed by atoms with Gasteiger partial charge in [0.15, 0.2) is 5.96 Å². The Kier molecular flexibility index (Phi) is 10.7. The minimum Gasteiger partial charge on any atom is -0.356 e. The average molecular weight is 561 g/mol. The topological polar surface area (TPSA) is 100 Å². The monoisotopic (exact) mass is 560 g/mol. The summed E-state index contributed by atoms with van der Waals surface area (Å²) in [5.41, 5.74) is 2.17. The van der Waals surface area contributed by atoms with Gasteiger partial charge in [-0.25, -0.2) is 13.1 Å². The van der Waals surface area contributed by atoms with Crippen molar-refractivity contribution >= 4 is 62.9 Å². The SMILES string of the molecule is CN=C(NCCCn1nc(C)cc1C)NCCNS(=O)(=O)c1ccc(Cl)s1.I. The molecule has 0 bridgehead atoms. The molecule has 3 N–H and O–H groups in total. The number of thiophene rings is 1. The second kappa shape index (κ2) is 12.0. The minimum atomic E-state index is -3.52. The molecule has 0 radical (unpaired) electrons. The summed E-state index contributed by atoms with van der Waals surface area (Å²) in [4.78, 5) is 4.13. The fourth-order valence-electron chi connectivity index (χ4n) is 2.44. The minimum absolute atomic E-state index is 0. The molecule has 0 atom stereocenters. The number of aromatic nitrogens is 2. The predicted molar refractivity (Wildman–Crippen MR) is 126 cm³/mol. The summed E-state index contributed by atoms with van der Waals surface area (Å²) >= 11 is 6.81. The Morgan fingerprint density at radius 1 is 1.25 bits per heavy atom. The van der Waals surface area contributed by atoms with Gasteiger partial charge in [-0.05, 0) is 38.5 Å². The van der Waals surface area contributed by atoms with E-state index in [2.05, 4.69) is 31.5 Å². The largest absolute Gasteiger partial charge is 0.356 e. The fourth-order valence-corrected chi connectivity index (χ4v) is 5.00. The van der Waals surface area contributed by atoms with Crippen molar-refractivity contribution in [1.29, 1.82) is 0 Å². The van der Waals surface area contributed by atoms with Crippen molar-refractivity contribution < 1.29 is 8.42 Å². The molecule has 2 aromatic heterocycles. The van der Waals surface area contributed by atoms with Crippen molar-refractivity contribution in [3.63, 3.8) is 0 Å². The summed E-state index contributed by atoms with van der Waals surface area (Å²) < 4.78 is 29.4. The van der Waals surface area contributed by atoms with E-state index in [1.54, 1.807) is 13.1 Å². The van der Waals surface area contributed by atoms with Crippen molar-refractivity contribution in [3.05, 3.63) is 33.9 Å². The molecule has 0 aromatic carbocycles. The van der Waals surface area contributed by atoms with Gasteiger partial charge in [0.1, 0.15) is 4.21 Å². The quantitative estimate of drug-likeness (QED) is 0.189. The van der Waals surface area contributed by atoms with Crippen LogP contribution in [0.2, 0.25) is 4.34 Å². The second-order valence-corrected chi connectivity index (χ2v) is 9.59. The molecular weight excluding hydrogens is 535 g/mol. The van der Waals surface area contributed by atoms with Crippen molar-refractivity contribution in [2.45, 2.75) is 31.0 Å². The van der Waals surface area contributed by atoms with Crippen LogP contribution in [0.25, 0.3) is 0 Å². The van der Waals surface area contributed by atoms with Crippen LogP contribution in [0.5, 0.6) is 0 Å². The average Bonchev–Trinajstić information content (AvgIpc) is 3.19. The van der Waals surface area contributed by atoms with Crippen LogP contribution in [-0.4, -0.2) is 50.8 Å². The van der Waals surface area contributed by atoms with E-state index in [0.717, 1.165) is 42.2 Å². The molecule has 8 nitrogen and oxygen atoms in total. The smallest absolute Gasteiger partial charge is 0.250 e. The third-order valence-electron chi connectivity index (χ3n) is 3.69. The molecule has 0 aliphatic rings. The number of sulfonamides is 1. The molecule has 0 aliphatic carbocycles. The van der Waals surface area contributed by atoms with Crippen LogP contribution in [-0.2, 0) is 16.6 Å². The van der Waals surface area contributed by atoms with Crippen molar-refractivity contribution in [3.8, 4) is 0 Å². The molecule has 0 aliphatic heterocycles. The number of nitrogens with zero attached hydrogens (tertiary/aromatic N) is 3. The Morgan fingerprint density at radius 3 is 2.54 bits per heavy atom. The highest BCUT2D eigenvalue weighted by Gasteiger charge is 2.15. The maximum Gasteiger partial charge on any atom is 0.250 e. The summed E-state index contributed by atoms with van der Waals surface area (Å²) in [6.45, 7) is 6.23. The first-order valence-corrected chi connectivity index (χ1v) is 11.2. The molecule has 0 unspecified atom stereocenters. The zero-order chi connectivity index (χ0) is 19.9. The summed E-state index contributed by atoms with van der Waals surface area (Å²) in [7, 11) is -1.85. The summed E-state index contributed by atoms with van der Waals surface area (Å²) in [6, 6.07) is 5.11. The Bertz CT molecular complexity index is 882. The molecule has 0 spiro atoms. The van der Waals surface area contributed by atoms with E-state index >= 15 is 0 Å². The Morgan fingerprint density at radius 2 is 1.96 bits per heavy atom. The first-order valence-electron chi connectivity index (χ1n) is 8.52. The van der Waals surface area contributed by atoms with E-state index in [9.17, 15) is 8.42 Å². The molecule has 0 saturated carbocycles. The van der Waals surface area contributed by atoms with Crippen LogP contribution >= 0.6 is 46.9 Å². The van der Waals surface area contributed by atoms with Crippen LogP contribution in [0.4, 0.5) is 0 Å². The maximum atomic E-state index is 12.1. The number of hydrogen-bond acceptors (Lipinski definition) is 5. The first-order chi connectivity index (χ1) is 12.8. The summed E-state index contributed by atoms with van der Waals surface area (Å²) in [6.07, 6.45) is 0.897. The number of guanidine groups is 1. The van der Waals surface area contributed by atoms with Crippen LogP contribution in [0, 0.1) is 13.8 Å². The number of rotatable bonds is 9. The molecule has 0 saturated heterocycles. The predicted octanol–water partition coefficient (Wildman–Crippen LogP) is 2.37. The third kappa shape index (κ3) is 7.85. The van der Waals surface area contributed by atoms with E-state index < -0.39 is 10.0 Å². The highest BCUT2D eigenvalue weighted by Crippen LogP contribution is 2.25. The van der Waals surface area contributed by atoms with E-state index in [-0.39, 0.29) is 34.7 Å². The molecule has 2 heterocycles. The van der Waals surface area contributed by atoms with Crippen LogP contribution in [0.15, 0.2) is 27.4 Å². The van der Waals surface area contributed by atoms with Crippen molar-refractivity contribution in [1.82, 2.24) is 25.1 Å². The lowest BCUT2D eigenvalue weighted by molar-refractivity contribution is 0.555. The normalized spacial score (nSPS) is 11.9. The lowest BCUT2D eigenvalue weighted by Crippen LogP contribution is -2.41. The molecule has 158 valence electrons. The van der Waals surface area contributed by atoms with Gasteiger partial charge in [-0.1, -0.05) is 11.6 Å². The fraction of sp³-hybridized carbons (Fsp3) is 0.500. The zero-order valence-electron chi connectivity index (χ0n) is 16.0. The van der Waals surface area contributed by atoms with Gasteiger partial charge >= 0.3 is 0 Å². The van der Waals surface area contributed by atoms with Crippen molar-refractivity contribution in [2.75, 3.05) is 26.7 Å². The molecule has 12 heteroatoms. The molecule has 0 amide bonds. The zero-order valence-corrected chi connectivity index (χ0v) is 20.7. The van der Waals surface area contributed by atoms with Gasteiger partial charge in [0.25, 0.3) is 0 Å². The number of halogens is 2. The Balaban J connectivity index is 0.00000392. The van der Waals surface area contributed by atoms with Crippen molar-refractivity contribution in [2.24, 2.45) is 4.99 Å². The Labute approximate surface area is 192 Å². The molecule has 0 fully saturated rings. The van der Waals surface area contributed by atoms with E-state index in [0.29, 0.717) is 16.8 Å². The van der Waals surface area contributed by atoms with Gasteiger partial charge in [0, 0.05) is 38.9 Å². The van der Waals surface area contributed by atoms with E-state index in [1.807, 2.05) is 18.5 Å². The second-order valence-electron chi connectivity index (χ2n) is 5.89. The van der Waals surface area contributed by atoms with Gasteiger partial charge in [-0.2, -0.15) is 5.10 Å². The highest BCUT2D eigenvalue weighted by atomic mass is 127. The highest BCUT2D eigenvalue weighted by molar-refractivity contribution is 14.0. The van der Waals surface area contributed by atoms with Gasteiger partial charge in [0.05, 0.1) is 10.0 Å². The summed E-state index contributed by atoms with van der Waals surface area (Å²) in [5.74, 6) is 0.627.